The first-order valence-corrected chi connectivity index (χ1v) is 11.4. The van der Waals surface area contributed by atoms with Crippen molar-refractivity contribution in [2.45, 2.75) is 25.5 Å². The van der Waals surface area contributed by atoms with Gasteiger partial charge in [-0.05, 0) is 37.1 Å². The Hall–Kier alpha value is -2.74. The maximum Gasteiger partial charge on any atom is 0.169 e. The Labute approximate surface area is 169 Å². The van der Waals surface area contributed by atoms with Crippen molar-refractivity contribution in [2.24, 2.45) is 9.98 Å². The first kappa shape index (κ1) is 19.6. The molecule has 0 radical (unpaired) electrons. The van der Waals surface area contributed by atoms with E-state index in [1.165, 1.54) is 12.1 Å². The van der Waals surface area contributed by atoms with E-state index < -0.39 is 15.7 Å². The largest absolute Gasteiger partial charge is 0.454 e. The van der Waals surface area contributed by atoms with Gasteiger partial charge in [0.25, 0.3) is 0 Å². The average Bonchev–Trinajstić information content (AvgIpc) is 2.70. The topological polar surface area (TPSA) is 71.3 Å². The zero-order valence-electron chi connectivity index (χ0n) is 16.1. The Kier molecular flexibility index (Phi) is 5.36. The van der Waals surface area contributed by atoms with Crippen molar-refractivity contribution in [3.8, 4) is 11.5 Å². The number of benzene rings is 2. The molecule has 0 atom stereocenters. The van der Waals surface area contributed by atoms with E-state index in [0.717, 1.165) is 36.6 Å². The first-order valence-electron chi connectivity index (χ1n) is 9.62. The maximum atomic E-state index is 14.9. The van der Waals surface area contributed by atoms with Crippen molar-refractivity contribution < 1.29 is 17.5 Å². The predicted molar refractivity (Wildman–Crippen MR) is 112 cm³/mol. The van der Waals surface area contributed by atoms with Crippen LogP contribution in [0.25, 0.3) is 0 Å². The quantitative estimate of drug-likeness (QED) is 0.713. The molecular weight excluding hydrogens is 393 g/mol. The summed E-state index contributed by atoms with van der Waals surface area (Å²) in [6.07, 6.45) is 3.25. The van der Waals surface area contributed by atoms with Crippen LogP contribution in [-0.2, 0) is 15.6 Å². The van der Waals surface area contributed by atoms with E-state index in [1.807, 2.05) is 11.0 Å². The van der Waals surface area contributed by atoms with E-state index in [4.69, 9.17) is 4.74 Å². The fourth-order valence-corrected chi connectivity index (χ4v) is 4.93. The summed E-state index contributed by atoms with van der Waals surface area (Å²) in [6, 6.07) is 9.89. The van der Waals surface area contributed by atoms with Crippen molar-refractivity contribution >= 4 is 27.7 Å². The highest BCUT2D eigenvalue weighted by Gasteiger charge is 2.23. The number of hydrogen-bond acceptors (Lipinski definition) is 6. The molecule has 0 saturated heterocycles. The molecule has 4 rings (SSSR count). The van der Waals surface area contributed by atoms with Gasteiger partial charge in [-0.2, -0.15) is 0 Å². The molecular formula is C21H22FN3O3S. The molecule has 0 amide bonds. The Morgan fingerprint density at radius 2 is 2.10 bits per heavy atom. The summed E-state index contributed by atoms with van der Waals surface area (Å²) in [6.45, 7) is 3.40. The maximum absolute atomic E-state index is 14.9. The van der Waals surface area contributed by atoms with Crippen LogP contribution in [0.2, 0.25) is 0 Å². The third-order valence-electron chi connectivity index (χ3n) is 4.80. The van der Waals surface area contributed by atoms with E-state index in [-0.39, 0.29) is 22.8 Å². The van der Waals surface area contributed by atoms with Gasteiger partial charge in [0.1, 0.15) is 11.6 Å². The van der Waals surface area contributed by atoms with Crippen LogP contribution in [0.5, 0.6) is 11.5 Å². The number of sulfone groups is 1. The van der Waals surface area contributed by atoms with E-state index in [9.17, 15) is 12.8 Å². The number of aliphatic imine (C=N–C) groups is 2. The lowest BCUT2D eigenvalue weighted by atomic mass is 10.1. The van der Waals surface area contributed by atoms with Gasteiger partial charge >= 0.3 is 0 Å². The number of halogens is 1. The molecule has 2 aliphatic heterocycles. The summed E-state index contributed by atoms with van der Waals surface area (Å²) in [5, 5.41) is 0. The average molecular weight is 415 g/mol. The second-order valence-electron chi connectivity index (χ2n) is 7.10. The number of nitrogens with zero attached hydrogens (tertiary/aromatic N) is 3. The summed E-state index contributed by atoms with van der Waals surface area (Å²) in [7, 11) is -3.35. The molecule has 0 aromatic heterocycles. The van der Waals surface area contributed by atoms with Crippen LogP contribution in [-0.4, -0.2) is 44.3 Å². The van der Waals surface area contributed by atoms with Gasteiger partial charge in [0.2, 0.25) is 0 Å². The standard InChI is InChI=1S/C21H22FN3O3S/c1-2-11-29(26,27)13-15-5-3-6-19(20(15)22)28-16-7-8-18-17(12-16)21-23-9-4-10-25(21)14-24-18/h3,5-8,12,14H,2,4,9-11,13H2,1H3. The predicted octanol–water partition coefficient (Wildman–Crippen LogP) is 4.07. The van der Waals surface area contributed by atoms with Crippen LogP contribution < -0.4 is 4.74 Å². The molecule has 0 fully saturated rings. The fraction of sp³-hybridized carbons (Fsp3) is 0.333. The van der Waals surface area contributed by atoms with Crippen LogP contribution in [0.1, 0.15) is 30.9 Å². The monoisotopic (exact) mass is 415 g/mol. The smallest absolute Gasteiger partial charge is 0.169 e. The number of rotatable bonds is 6. The van der Waals surface area contributed by atoms with E-state index >= 15 is 0 Å². The van der Waals surface area contributed by atoms with Crippen molar-refractivity contribution in [2.75, 3.05) is 18.8 Å². The number of ether oxygens (including phenoxy) is 1. The second kappa shape index (κ2) is 7.94. The zero-order chi connectivity index (χ0) is 20.4. The van der Waals surface area contributed by atoms with E-state index in [1.54, 1.807) is 31.5 Å². The van der Waals surface area contributed by atoms with Crippen molar-refractivity contribution in [3.05, 3.63) is 53.3 Å². The molecule has 0 saturated carbocycles. The van der Waals surface area contributed by atoms with Crippen LogP contribution in [0.4, 0.5) is 10.1 Å². The lowest BCUT2D eigenvalue weighted by molar-refractivity contribution is 0.439. The fourth-order valence-electron chi connectivity index (χ4n) is 3.47. The first-order chi connectivity index (χ1) is 14.0. The molecule has 0 unspecified atom stereocenters. The summed E-state index contributed by atoms with van der Waals surface area (Å²) < 4.78 is 44.8. The van der Waals surface area contributed by atoms with Gasteiger partial charge in [0, 0.05) is 24.2 Å². The Morgan fingerprint density at radius 3 is 2.93 bits per heavy atom. The van der Waals surface area contributed by atoms with Gasteiger partial charge in [0.15, 0.2) is 21.4 Å². The van der Waals surface area contributed by atoms with Crippen LogP contribution in [0.15, 0.2) is 46.4 Å². The number of fused-ring (bicyclic) bond motifs is 3. The van der Waals surface area contributed by atoms with E-state index in [0.29, 0.717) is 12.2 Å². The molecule has 2 aromatic carbocycles. The van der Waals surface area contributed by atoms with Crippen LogP contribution in [0, 0.1) is 5.82 Å². The molecule has 2 aliphatic rings. The minimum Gasteiger partial charge on any atom is -0.454 e. The zero-order valence-corrected chi connectivity index (χ0v) is 17.0. The van der Waals surface area contributed by atoms with Gasteiger partial charge in [-0.1, -0.05) is 19.1 Å². The molecule has 8 heteroatoms. The van der Waals surface area contributed by atoms with Crippen LogP contribution >= 0.6 is 0 Å². The molecule has 152 valence electrons. The molecule has 0 N–H and O–H groups in total. The highest BCUT2D eigenvalue weighted by Crippen LogP contribution is 2.33. The summed E-state index contributed by atoms with van der Waals surface area (Å²) >= 11 is 0. The highest BCUT2D eigenvalue weighted by molar-refractivity contribution is 7.90. The number of hydrogen-bond donors (Lipinski definition) is 0. The molecule has 2 heterocycles. The molecule has 0 aliphatic carbocycles. The van der Waals surface area contributed by atoms with E-state index in [2.05, 4.69) is 9.98 Å². The highest BCUT2D eigenvalue weighted by atomic mass is 32.2. The normalized spacial score (nSPS) is 15.5. The SMILES string of the molecule is CCCS(=O)(=O)Cc1cccc(Oc2ccc3c(c2)C2=NCCCN2C=N3)c1F. The van der Waals surface area contributed by atoms with Crippen molar-refractivity contribution in [1.29, 1.82) is 0 Å². The molecule has 6 nitrogen and oxygen atoms in total. The summed E-state index contributed by atoms with van der Waals surface area (Å²) in [5.41, 5.74) is 1.74. The van der Waals surface area contributed by atoms with Crippen LogP contribution in [0.3, 0.4) is 0 Å². The Morgan fingerprint density at radius 1 is 1.24 bits per heavy atom. The molecule has 0 bridgehead atoms. The minimum absolute atomic E-state index is 0.00380. The lowest BCUT2D eigenvalue weighted by Crippen LogP contribution is -2.36. The van der Waals surface area contributed by atoms with Gasteiger partial charge in [-0.3, -0.25) is 4.99 Å². The lowest BCUT2D eigenvalue weighted by Gasteiger charge is -2.29. The molecule has 2 aromatic rings. The Bertz CT molecular complexity index is 1100. The van der Waals surface area contributed by atoms with Crippen molar-refractivity contribution in [3.63, 3.8) is 0 Å². The second-order valence-corrected chi connectivity index (χ2v) is 9.28. The third kappa shape index (κ3) is 4.17. The minimum atomic E-state index is -3.35. The van der Waals surface area contributed by atoms with Gasteiger partial charge < -0.3 is 9.64 Å². The summed E-state index contributed by atoms with van der Waals surface area (Å²) in [4.78, 5) is 11.0. The molecule has 0 spiro atoms. The van der Waals surface area contributed by atoms with Crippen molar-refractivity contribution in [1.82, 2.24) is 4.90 Å². The Balaban J connectivity index is 1.62. The summed E-state index contributed by atoms with van der Waals surface area (Å²) in [5.74, 6) is 0.319. The van der Waals surface area contributed by atoms with Gasteiger partial charge in [-0.25, -0.2) is 17.8 Å². The number of amidine groups is 1. The van der Waals surface area contributed by atoms with Gasteiger partial charge in [0.05, 0.1) is 23.5 Å². The molecule has 29 heavy (non-hydrogen) atoms. The van der Waals surface area contributed by atoms with Gasteiger partial charge in [-0.15, -0.1) is 0 Å². The third-order valence-corrected chi connectivity index (χ3v) is 6.58.